The summed E-state index contributed by atoms with van der Waals surface area (Å²) < 4.78 is 10.4. The summed E-state index contributed by atoms with van der Waals surface area (Å²) in [6.07, 6.45) is 0. The smallest absolute Gasteiger partial charge is 0.313 e. The van der Waals surface area contributed by atoms with Gasteiger partial charge in [-0.1, -0.05) is 0 Å². The average molecular weight is 293 g/mol. The highest BCUT2D eigenvalue weighted by molar-refractivity contribution is 5.98. The van der Waals surface area contributed by atoms with Crippen LogP contribution in [0.2, 0.25) is 0 Å². The molecule has 0 spiro atoms. The number of phenolic OH excluding ortho intramolecular Hbond substituents is 1. The molecule has 0 radical (unpaired) electrons. The fraction of sp³-hybridized carbons (Fsp3) is 0.467. The SMILES string of the molecule is CCOC(=O)C(C)(C)CN1C(=O)COc2ccc(O)cc21. The fourth-order valence-corrected chi connectivity index (χ4v) is 2.15. The molecule has 6 nitrogen and oxygen atoms in total. The maximum Gasteiger partial charge on any atom is 0.313 e. The zero-order chi connectivity index (χ0) is 15.6. The first-order valence-corrected chi connectivity index (χ1v) is 6.78. The van der Waals surface area contributed by atoms with E-state index < -0.39 is 5.41 Å². The molecule has 1 aromatic carbocycles. The van der Waals surface area contributed by atoms with Gasteiger partial charge in [-0.15, -0.1) is 0 Å². The van der Waals surface area contributed by atoms with Crippen molar-refractivity contribution in [2.24, 2.45) is 5.41 Å². The van der Waals surface area contributed by atoms with E-state index in [0.717, 1.165) is 0 Å². The van der Waals surface area contributed by atoms with Crippen LogP contribution < -0.4 is 9.64 Å². The molecule has 1 aromatic rings. The van der Waals surface area contributed by atoms with Crippen LogP contribution in [-0.2, 0) is 14.3 Å². The standard InChI is InChI=1S/C15H19NO5/c1-4-20-14(19)15(2,3)9-16-11-7-10(17)5-6-12(11)21-8-13(16)18/h5-7,17H,4,8-9H2,1-3H3. The third kappa shape index (κ3) is 3.09. The van der Waals surface area contributed by atoms with Gasteiger partial charge in [0.05, 0.1) is 17.7 Å². The highest BCUT2D eigenvalue weighted by atomic mass is 16.5. The van der Waals surface area contributed by atoms with Crippen LogP contribution >= 0.6 is 0 Å². The topological polar surface area (TPSA) is 76.1 Å². The van der Waals surface area contributed by atoms with Crippen molar-refractivity contribution in [3.05, 3.63) is 18.2 Å². The van der Waals surface area contributed by atoms with E-state index in [2.05, 4.69) is 0 Å². The van der Waals surface area contributed by atoms with Crippen LogP contribution in [0.5, 0.6) is 11.5 Å². The first-order valence-electron chi connectivity index (χ1n) is 6.78. The number of carbonyl (C=O) groups is 2. The lowest BCUT2D eigenvalue weighted by Gasteiger charge is -2.34. The van der Waals surface area contributed by atoms with Crippen LogP contribution in [0.15, 0.2) is 18.2 Å². The van der Waals surface area contributed by atoms with Crippen LogP contribution in [0, 0.1) is 5.41 Å². The largest absolute Gasteiger partial charge is 0.508 e. The Hall–Kier alpha value is -2.24. The summed E-state index contributed by atoms with van der Waals surface area (Å²) in [5.41, 5.74) is -0.394. The van der Waals surface area contributed by atoms with Crippen LogP contribution in [0.3, 0.4) is 0 Å². The van der Waals surface area contributed by atoms with Gasteiger partial charge in [-0.2, -0.15) is 0 Å². The number of amides is 1. The molecule has 1 amide bonds. The molecule has 0 fully saturated rings. The number of ether oxygens (including phenoxy) is 2. The quantitative estimate of drug-likeness (QED) is 0.855. The van der Waals surface area contributed by atoms with Crippen molar-refractivity contribution in [2.45, 2.75) is 20.8 Å². The van der Waals surface area contributed by atoms with Crippen LogP contribution in [0.4, 0.5) is 5.69 Å². The lowest BCUT2D eigenvalue weighted by Crippen LogP contribution is -2.47. The second-order valence-corrected chi connectivity index (χ2v) is 5.52. The van der Waals surface area contributed by atoms with Gasteiger partial charge in [0.2, 0.25) is 0 Å². The van der Waals surface area contributed by atoms with Crippen molar-refractivity contribution in [2.75, 3.05) is 24.7 Å². The van der Waals surface area contributed by atoms with Crippen molar-refractivity contribution < 1.29 is 24.2 Å². The van der Waals surface area contributed by atoms with Crippen LogP contribution in [-0.4, -0.2) is 36.7 Å². The summed E-state index contributed by atoms with van der Waals surface area (Å²) in [5, 5.41) is 9.60. The number of fused-ring (bicyclic) bond motifs is 1. The molecule has 0 unspecified atom stereocenters. The number of hydrogen-bond acceptors (Lipinski definition) is 5. The second kappa shape index (κ2) is 5.63. The van der Waals surface area contributed by atoms with Crippen molar-refractivity contribution in [3.8, 4) is 11.5 Å². The Balaban J connectivity index is 2.29. The van der Waals surface area contributed by atoms with Gasteiger partial charge in [-0.3, -0.25) is 9.59 Å². The number of aromatic hydroxyl groups is 1. The third-order valence-corrected chi connectivity index (χ3v) is 3.27. The predicted octanol–water partition coefficient (Wildman–Crippen LogP) is 1.71. The maximum atomic E-state index is 12.1. The summed E-state index contributed by atoms with van der Waals surface area (Å²) in [6, 6.07) is 4.54. The highest BCUT2D eigenvalue weighted by Crippen LogP contribution is 2.36. The van der Waals surface area contributed by atoms with E-state index in [1.165, 1.54) is 17.0 Å². The molecule has 2 rings (SSSR count). The van der Waals surface area contributed by atoms with Crippen molar-refractivity contribution in [1.82, 2.24) is 0 Å². The third-order valence-electron chi connectivity index (χ3n) is 3.27. The van der Waals surface area contributed by atoms with Gasteiger partial charge >= 0.3 is 5.97 Å². The zero-order valence-corrected chi connectivity index (χ0v) is 12.4. The van der Waals surface area contributed by atoms with E-state index >= 15 is 0 Å². The Bertz CT molecular complexity index is 567. The van der Waals surface area contributed by atoms with Gasteiger partial charge in [-0.25, -0.2) is 0 Å². The molecule has 0 bridgehead atoms. The van der Waals surface area contributed by atoms with Gasteiger partial charge in [0.1, 0.15) is 11.5 Å². The van der Waals surface area contributed by atoms with E-state index in [0.29, 0.717) is 11.4 Å². The number of phenols is 1. The minimum atomic E-state index is -0.855. The Morgan fingerprint density at radius 1 is 1.48 bits per heavy atom. The molecule has 114 valence electrons. The Labute approximate surface area is 123 Å². The van der Waals surface area contributed by atoms with Gasteiger partial charge < -0.3 is 19.5 Å². The molecular formula is C15H19NO5. The first kappa shape index (κ1) is 15.2. The van der Waals surface area contributed by atoms with E-state index in [9.17, 15) is 14.7 Å². The monoisotopic (exact) mass is 293 g/mol. The molecule has 1 N–H and O–H groups in total. The molecular weight excluding hydrogens is 274 g/mol. The highest BCUT2D eigenvalue weighted by Gasteiger charge is 2.36. The predicted molar refractivity (Wildman–Crippen MR) is 76.4 cm³/mol. The number of esters is 1. The van der Waals surface area contributed by atoms with Gasteiger partial charge in [0.25, 0.3) is 5.91 Å². The molecule has 0 aliphatic carbocycles. The zero-order valence-electron chi connectivity index (χ0n) is 12.4. The first-order chi connectivity index (χ1) is 9.85. The molecule has 0 atom stereocenters. The number of anilines is 1. The van der Waals surface area contributed by atoms with Crippen LogP contribution in [0.25, 0.3) is 0 Å². The molecule has 1 heterocycles. The number of benzene rings is 1. The summed E-state index contributed by atoms with van der Waals surface area (Å²) in [6.45, 7) is 5.53. The normalized spacial score (nSPS) is 14.4. The molecule has 0 saturated carbocycles. The van der Waals surface area contributed by atoms with Crippen molar-refractivity contribution >= 4 is 17.6 Å². The van der Waals surface area contributed by atoms with Gasteiger partial charge in [-0.05, 0) is 32.9 Å². The van der Waals surface area contributed by atoms with Gasteiger partial charge in [0.15, 0.2) is 6.61 Å². The van der Waals surface area contributed by atoms with E-state index in [1.54, 1.807) is 26.8 Å². The molecule has 0 aromatic heterocycles. The molecule has 21 heavy (non-hydrogen) atoms. The van der Waals surface area contributed by atoms with E-state index in [1.807, 2.05) is 0 Å². The summed E-state index contributed by atoms with van der Waals surface area (Å²) in [5.74, 6) is -0.0884. The maximum absolute atomic E-state index is 12.1. The minimum Gasteiger partial charge on any atom is -0.508 e. The average Bonchev–Trinajstić information content (AvgIpc) is 2.42. The van der Waals surface area contributed by atoms with Crippen molar-refractivity contribution in [3.63, 3.8) is 0 Å². The molecule has 1 aliphatic rings. The number of rotatable bonds is 4. The molecule has 0 saturated heterocycles. The molecule has 1 aliphatic heterocycles. The second-order valence-electron chi connectivity index (χ2n) is 5.52. The summed E-state index contributed by atoms with van der Waals surface area (Å²) in [4.78, 5) is 25.5. The van der Waals surface area contributed by atoms with E-state index in [-0.39, 0.29) is 37.4 Å². The Morgan fingerprint density at radius 3 is 2.86 bits per heavy atom. The van der Waals surface area contributed by atoms with Crippen LogP contribution in [0.1, 0.15) is 20.8 Å². The Kier molecular flexibility index (Phi) is 4.06. The van der Waals surface area contributed by atoms with E-state index in [4.69, 9.17) is 9.47 Å². The summed E-state index contributed by atoms with van der Waals surface area (Å²) in [7, 11) is 0. The van der Waals surface area contributed by atoms with Crippen molar-refractivity contribution in [1.29, 1.82) is 0 Å². The lowest BCUT2D eigenvalue weighted by atomic mass is 9.92. The lowest BCUT2D eigenvalue weighted by molar-refractivity contribution is -0.152. The number of hydrogen-bond donors (Lipinski definition) is 1. The molecule has 6 heteroatoms. The van der Waals surface area contributed by atoms with Gasteiger partial charge in [0, 0.05) is 12.6 Å². The number of nitrogens with zero attached hydrogens (tertiary/aromatic N) is 1. The minimum absolute atomic E-state index is 0.0333. The fourth-order valence-electron chi connectivity index (χ4n) is 2.15. The number of carbonyl (C=O) groups excluding carboxylic acids is 2. The Morgan fingerprint density at radius 2 is 2.19 bits per heavy atom. The summed E-state index contributed by atoms with van der Waals surface area (Å²) >= 11 is 0.